The highest BCUT2D eigenvalue weighted by Gasteiger charge is 2.00. The first-order chi connectivity index (χ1) is 6.09. The zero-order valence-electron chi connectivity index (χ0n) is 8.46. The second-order valence-electron chi connectivity index (χ2n) is 3.71. The number of hydrogen-bond donors (Lipinski definition) is 2. The summed E-state index contributed by atoms with van der Waals surface area (Å²) in [6.07, 6.45) is 1.68. The van der Waals surface area contributed by atoms with Crippen LogP contribution in [0, 0.1) is 12.8 Å². The molecule has 0 aliphatic heterocycles. The SMILES string of the molecule is Cc1cc(N)cnc1NCC(C)C. The number of nitrogens with two attached hydrogens (primary N) is 1. The maximum atomic E-state index is 5.59. The zero-order chi connectivity index (χ0) is 9.84. The Labute approximate surface area is 79.4 Å². The van der Waals surface area contributed by atoms with Crippen LogP contribution in [0.25, 0.3) is 0 Å². The fraction of sp³-hybridized carbons (Fsp3) is 0.500. The lowest BCUT2D eigenvalue weighted by Crippen LogP contribution is -2.10. The third kappa shape index (κ3) is 2.93. The van der Waals surface area contributed by atoms with Crippen LogP contribution in [0.3, 0.4) is 0 Å². The maximum Gasteiger partial charge on any atom is 0.129 e. The first-order valence-corrected chi connectivity index (χ1v) is 4.55. The highest BCUT2D eigenvalue weighted by Crippen LogP contribution is 2.13. The number of rotatable bonds is 3. The monoisotopic (exact) mass is 179 g/mol. The summed E-state index contributed by atoms with van der Waals surface area (Å²) in [5.41, 5.74) is 7.41. The Morgan fingerprint density at radius 3 is 2.77 bits per heavy atom. The van der Waals surface area contributed by atoms with E-state index in [-0.39, 0.29) is 0 Å². The molecule has 0 aliphatic carbocycles. The average molecular weight is 179 g/mol. The summed E-state index contributed by atoms with van der Waals surface area (Å²) in [5.74, 6) is 1.56. The van der Waals surface area contributed by atoms with E-state index in [9.17, 15) is 0 Å². The summed E-state index contributed by atoms with van der Waals surface area (Å²) in [6, 6.07) is 1.93. The number of pyridine rings is 1. The molecule has 0 aromatic carbocycles. The van der Waals surface area contributed by atoms with Gasteiger partial charge in [-0.05, 0) is 24.5 Å². The van der Waals surface area contributed by atoms with Crippen LogP contribution in [0.1, 0.15) is 19.4 Å². The van der Waals surface area contributed by atoms with Gasteiger partial charge in [0.05, 0.1) is 11.9 Å². The molecule has 0 saturated heterocycles. The van der Waals surface area contributed by atoms with E-state index in [1.54, 1.807) is 6.20 Å². The third-order valence-corrected chi connectivity index (χ3v) is 1.78. The van der Waals surface area contributed by atoms with Crippen molar-refractivity contribution in [3.8, 4) is 0 Å². The van der Waals surface area contributed by atoms with Crippen LogP contribution in [-0.4, -0.2) is 11.5 Å². The minimum absolute atomic E-state index is 0.624. The van der Waals surface area contributed by atoms with Gasteiger partial charge >= 0.3 is 0 Å². The zero-order valence-corrected chi connectivity index (χ0v) is 8.46. The van der Waals surface area contributed by atoms with Crippen molar-refractivity contribution in [2.45, 2.75) is 20.8 Å². The van der Waals surface area contributed by atoms with Gasteiger partial charge in [-0.3, -0.25) is 0 Å². The number of nitrogens with zero attached hydrogens (tertiary/aromatic N) is 1. The molecule has 0 unspecified atom stereocenters. The molecular weight excluding hydrogens is 162 g/mol. The first kappa shape index (κ1) is 9.84. The van der Waals surface area contributed by atoms with E-state index in [0.717, 1.165) is 17.9 Å². The van der Waals surface area contributed by atoms with Crippen LogP contribution in [0.5, 0.6) is 0 Å². The van der Waals surface area contributed by atoms with Gasteiger partial charge in [0.2, 0.25) is 0 Å². The molecular formula is C10H17N3. The average Bonchev–Trinajstić information content (AvgIpc) is 2.02. The molecule has 1 heterocycles. The molecule has 1 aromatic heterocycles. The molecule has 0 atom stereocenters. The van der Waals surface area contributed by atoms with Gasteiger partial charge in [-0.15, -0.1) is 0 Å². The van der Waals surface area contributed by atoms with E-state index >= 15 is 0 Å². The van der Waals surface area contributed by atoms with Gasteiger partial charge in [0.1, 0.15) is 5.82 Å². The molecule has 3 nitrogen and oxygen atoms in total. The number of anilines is 2. The van der Waals surface area contributed by atoms with E-state index in [0.29, 0.717) is 11.6 Å². The number of hydrogen-bond acceptors (Lipinski definition) is 3. The van der Waals surface area contributed by atoms with Gasteiger partial charge < -0.3 is 11.1 Å². The predicted octanol–water partition coefficient (Wildman–Crippen LogP) is 2.04. The van der Waals surface area contributed by atoms with Crippen LogP contribution in [0.2, 0.25) is 0 Å². The smallest absolute Gasteiger partial charge is 0.129 e. The molecule has 3 heteroatoms. The standard InChI is InChI=1S/C10H17N3/c1-7(2)5-12-10-8(3)4-9(11)6-13-10/h4,6-7H,5,11H2,1-3H3,(H,12,13). The summed E-state index contributed by atoms with van der Waals surface area (Å²) < 4.78 is 0. The second-order valence-corrected chi connectivity index (χ2v) is 3.71. The molecule has 1 rings (SSSR count). The van der Waals surface area contributed by atoms with Crippen LogP contribution in [0.4, 0.5) is 11.5 Å². The molecule has 0 spiro atoms. The Kier molecular flexibility index (Phi) is 3.12. The second kappa shape index (κ2) is 4.12. The quantitative estimate of drug-likeness (QED) is 0.746. The van der Waals surface area contributed by atoms with Crippen LogP contribution in [0.15, 0.2) is 12.3 Å². The lowest BCUT2D eigenvalue weighted by Gasteiger charge is -2.10. The Morgan fingerprint density at radius 2 is 2.23 bits per heavy atom. The van der Waals surface area contributed by atoms with Crippen LogP contribution >= 0.6 is 0 Å². The molecule has 72 valence electrons. The van der Waals surface area contributed by atoms with Gasteiger partial charge in [-0.2, -0.15) is 0 Å². The summed E-state index contributed by atoms with van der Waals surface area (Å²) in [7, 11) is 0. The van der Waals surface area contributed by atoms with Gasteiger partial charge in [0.15, 0.2) is 0 Å². The molecule has 13 heavy (non-hydrogen) atoms. The van der Waals surface area contributed by atoms with Crippen LogP contribution in [-0.2, 0) is 0 Å². The predicted molar refractivity (Wildman–Crippen MR) is 56.7 cm³/mol. The van der Waals surface area contributed by atoms with Crippen molar-refractivity contribution in [1.29, 1.82) is 0 Å². The van der Waals surface area contributed by atoms with Crippen molar-refractivity contribution in [1.82, 2.24) is 4.98 Å². The molecule has 0 bridgehead atoms. The van der Waals surface area contributed by atoms with Gasteiger partial charge in [-0.25, -0.2) is 4.98 Å². The molecule has 0 amide bonds. The third-order valence-electron chi connectivity index (χ3n) is 1.78. The highest BCUT2D eigenvalue weighted by atomic mass is 15.0. The first-order valence-electron chi connectivity index (χ1n) is 4.55. The fourth-order valence-electron chi connectivity index (χ4n) is 1.08. The number of nitrogens with one attached hydrogen (secondary N) is 1. The number of aryl methyl sites for hydroxylation is 1. The normalized spacial score (nSPS) is 10.5. The van der Waals surface area contributed by atoms with Gasteiger partial charge in [-0.1, -0.05) is 13.8 Å². The van der Waals surface area contributed by atoms with Crippen molar-refractivity contribution in [3.63, 3.8) is 0 Å². The molecule has 0 fully saturated rings. The minimum Gasteiger partial charge on any atom is -0.397 e. The van der Waals surface area contributed by atoms with Crippen LogP contribution < -0.4 is 11.1 Å². The summed E-state index contributed by atoms with van der Waals surface area (Å²) >= 11 is 0. The fourth-order valence-corrected chi connectivity index (χ4v) is 1.08. The molecule has 0 radical (unpaired) electrons. The van der Waals surface area contributed by atoms with E-state index in [2.05, 4.69) is 24.1 Å². The molecule has 0 saturated carbocycles. The van der Waals surface area contributed by atoms with E-state index in [1.807, 2.05) is 13.0 Å². The Balaban J connectivity index is 2.67. The number of nitrogen functional groups attached to an aromatic ring is 1. The Hall–Kier alpha value is -1.25. The van der Waals surface area contributed by atoms with Crippen molar-refractivity contribution >= 4 is 11.5 Å². The molecule has 1 aromatic rings. The molecule has 0 aliphatic rings. The van der Waals surface area contributed by atoms with Gasteiger partial charge in [0.25, 0.3) is 0 Å². The summed E-state index contributed by atoms with van der Waals surface area (Å²) in [4.78, 5) is 4.21. The lowest BCUT2D eigenvalue weighted by atomic mass is 10.2. The topological polar surface area (TPSA) is 50.9 Å². The van der Waals surface area contributed by atoms with Crippen molar-refractivity contribution in [3.05, 3.63) is 17.8 Å². The minimum atomic E-state index is 0.624. The van der Waals surface area contributed by atoms with Gasteiger partial charge in [0, 0.05) is 6.54 Å². The van der Waals surface area contributed by atoms with Crippen molar-refractivity contribution < 1.29 is 0 Å². The largest absolute Gasteiger partial charge is 0.397 e. The highest BCUT2D eigenvalue weighted by molar-refractivity contribution is 5.50. The van der Waals surface area contributed by atoms with E-state index in [4.69, 9.17) is 5.73 Å². The summed E-state index contributed by atoms with van der Waals surface area (Å²) in [5, 5.41) is 3.27. The van der Waals surface area contributed by atoms with E-state index < -0.39 is 0 Å². The Bertz CT molecular complexity index is 281. The Morgan fingerprint density at radius 1 is 1.54 bits per heavy atom. The lowest BCUT2D eigenvalue weighted by molar-refractivity contribution is 0.686. The number of aromatic nitrogens is 1. The van der Waals surface area contributed by atoms with Crippen molar-refractivity contribution in [2.75, 3.05) is 17.6 Å². The van der Waals surface area contributed by atoms with E-state index in [1.165, 1.54) is 0 Å². The van der Waals surface area contributed by atoms with Crippen molar-refractivity contribution in [2.24, 2.45) is 5.92 Å². The maximum absolute atomic E-state index is 5.59. The summed E-state index contributed by atoms with van der Waals surface area (Å²) in [6.45, 7) is 7.28. The molecule has 3 N–H and O–H groups in total.